The van der Waals surface area contributed by atoms with Crippen LogP contribution in [-0.4, -0.2) is 63.8 Å². The molecule has 1 heterocycles. The molecule has 128 valence electrons. The summed E-state index contributed by atoms with van der Waals surface area (Å²) in [5.41, 5.74) is 0. The zero-order valence-electron chi connectivity index (χ0n) is 13.2. The van der Waals surface area contributed by atoms with E-state index in [9.17, 15) is 4.79 Å². The van der Waals surface area contributed by atoms with Crippen LogP contribution in [0.5, 0.6) is 0 Å². The van der Waals surface area contributed by atoms with Crippen molar-refractivity contribution in [3.63, 3.8) is 0 Å². The highest BCUT2D eigenvalue weighted by atomic mass is 35.5. The minimum absolute atomic E-state index is 0. The van der Waals surface area contributed by atoms with Gasteiger partial charge in [-0.25, -0.2) is 0 Å². The Morgan fingerprint density at radius 3 is 2.52 bits per heavy atom. The molecule has 7 heteroatoms. The van der Waals surface area contributed by atoms with Crippen LogP contribution in [0.2, 0.25) is 0 Å². The monoisotopic (exact) mass is 343 g/mol. The fourth-order valence-electron chi connectivity index (χ4n) is 2.37. The van der Waals surface area contributed by atoms with E-state index in [-0.39, 0.29) is 30.7 Å². The number of carbonyl (C=O) groups is 1. The third-order valence-corrected chi connectivity index (χ3v) is 3.43. The summed E-state index contributed by atoms with van der Waals surface area (Å²) in [7, 11) is 1.66. The number of hydrogen-bond acceptors (Lipinski definition) is 4. The highest BCUT2D eigenvalue weighted by Gasteiger charge is 2.13. The van der Waals surface area contributed by atoms with Gasteiger partial charge in [-0.1, -0.05) is 13.3 Å². The van der Waals surface area contributed by atoms with Gasteiger partial charge < -0.3 is 20.3 Å². The molecule has 1 unspecified atom stereocenters. The smallest absolute Gasteiger partial charge is 0.233 e. The van der Waals surface area contributed by atoms with Gasteiger partial charge in [0.25, 0.3) is 0 Å². The summed E-state index contributed by atoms with van der Waals surface area (Å²) in [4.78, 5) is 14.1. The number of carbonyl (C=O) groups excluding carboxylic acids is 1. The van der Waals surface area contributed by atoms with Gasteiger partial charge in [-0.15, -0.1) is 24.8 Å². The lowest BCUT2D eigenvalue weighted by Crippen LogP contribution is -2.40. The number of nitrogens with zero attached hydrogens (tertiary/aromatic N) is 1. The van der Waals surface area contributed by atoms with Crippen molar-refractivity contribution in [1.29, 1.82) is 0 Å². The maximum atomic E-state index is 11.6. The van der Waals surface area contributed by atoms with E-state index >= 15 is 0 Å². The van der Waals surface area contributed by atoms with Crippen molar-refractivity contribution < 1.29 is 9.53 Å². The molecule has 1 fully saturated rings. The molecule has 0 aromatic carbocycles. The van der Waals surface area contributed by atoms with Crippen molar-refractivity contribution in [3.05, 3.63) is 0 Å². The molecule has 1 amide bonds. The van der Waals surface area contributed by atoms with Gasteiger partial charge in [0.15, 0.2) is 0 Å². The van der Waals surface area contributed by atoms with Gasteiger partial charge in [0.05, 0.1) is 13.2 Å². The van der Waals surface area contributed by atoms with Crippen molar-refractivity contribution in [2.45, 2.75) is 26.2 Å². The largest absolute Gasteiger partial charge is 0.383 e. The molecular formula is C14H31Cl2N3O2. The van der Waals surface area contributed by atoms with Gasteiger partial charge in [0.1, 0.15) is 0 Å². The molecular weight excluding hydrogens is 313 g/mol. The van der Waals surface area contributed by atoms with Crippen molar-refractivity contribution in [1.82, 2.24) is 15.5 Å². The molecule has 0 spiro atoms. The van der Waals surface area contributed by atoms with Crippen LogP contribution >= 0.6 is 24.8 Å². The fraction of sp³-hybridized carbons (Fsp3) is 0.929. The summed E-state index contributed by atoms with van der Waals surface area (Å²) in [5.74, 6) is 0.586. The number of piperidine rings is 1. The topological polar surface area (TPSA) is 53.6 Å². The zero-order valence-corrected chi connectivity index (χ0v) is 14.9. The molecule has 1 atom stereocenters. The highest BCUT2D eigenvalue weighted by Crippen LogP contribution is 2.10. The van der Waals surface area contributed by atoms with Gasteiger partial charge in [0, 0.05) is 26.7 Å². The second-order valence-electron chi connectivity index (χ2n) is 5.44. The summed E-state index contributed by atoms with van der Waals surface area (Å²) in [6.45, 7) is 8.23. The van der Waals surface area contributed by atoms with E-state index in [4.69, 9.17) is 4.74 Å². The van der Waals surface area contributed by atoms with Crippen LogP contribution in [0.3, 0.4) is 0 Å². The normalized spacial score (nSPS) is 16.5. The van der Waals surface area contributed by atoms with Crippen LogP contribution in [0.1, 0.15) is 26.2 Å². The average molecular weight is 344 g/mol. The SMILES string of the molecule is COCCNCC(=O)NCC(C)CN1CCCCC1.Cl.Cl. The summed E-state index contributed by atoms with van der Waals surface area (Å²) in [6.07, 6.45) is 4.01. The van der Waals surface area contributed by atoms with E-state index < -0.39 is 0 Å². The van der Waals surface area contributed by atoms with E-state index in [0.717, 1.165) is 13.1 Å². The van der Waals surface area contributed by atoms with Crippen LogP contribution in [0.4, 0.5) is 0 Å². The molecule has 21 heavy (non-hydrogen) atoms. The first-order chi connectivity index (χ1) is 9.22. The van der Waals surface area contributed by atoms with E-state index in [1.54, 1.807) is 7.11 Å². The number of nitrogens with one attached hydrogen (secondary N) is 2. The molecule has 0 aromatic heterocycles. The predicted molar refractivity (Wildman–Crippen MR) is 91.7 cm³/mol. The first-order valence-corrected chi connectivity index (χ1v) is 7.41. The molecule has 1 saturated heterocycles. The Balaban J connectivity index is 0. The lowest BCUT2D eigenvalue weighted by molar-refractivity contribution is -0.120. The van der Waals surface area contributed by atoms with Gasteiger partial charge in [-0.3, -0.25) is 4.79 Å². The Morgan fingerprint density at radius 2 is 1.90 bits per heavy atom. The van der Waals surface area contributed by atoms with E-state index in [1.807, 2.05) is 0 Å². The molecule has 1 rings (SSSR count). The van der Waals surface area contributed by atoms with E-state index in [0.29, 0.717) is 25.6 Å². The molecule has 0 aromatic rings. The van der Waals surface area contributed by atoms with Crippen molar-refractivity contribution in [3.8, 4) is 0 Å². The first kappa shape index (κ1) is 23.2. The summed E-state index contributed by atoms with van der Waals surface area (Å²) < 4.78 is 4.91. The Morgan fingerprint density at radius 1 is 1.24 bits per heavy atom. The number of rotatable bonds is 9. The Hall–Kier alpha value is -0.0700. The second kappa shape index (κ2) is 14.9. The van der Waals surface area contributed by atoms with E-state index in [2.05, 4.69) is 22.5 Å². The zero-order chi connectivity index (χ0) is 13.9. The number of likely N-dealkylation sites (tertiary alicyclic amines) is 1. The molecule has 0 saturated carbocycles. The van der Waals surface area contributed by atoms with Crippen molar-refractivity contribution in [2.24, 2.45) is 5.92 Å². The van der Waals surface area contributed by atoms with Crippen LogP contribution < -0.4 is 10.6 Å². The Kier molecular flexibility index (Phi) is 16.4. The third-order valence-electron chi connectivity index (χ3n) is 3.43. The van der Waals surface area contributed by atoms with Gasteiger partial charge in [-0.05, 0) is 31.8 Å². The third kappa shape index (κ3) is 12.2. The number of amides is 1. The molecule has 1 aliphatic rings. The number of methoxy groups -OCH3 is 1. The van der Waals surface area contributed by atoms with Gasteiger partial charge in [0.2, 0.25) is 5.91 Å². The standard InChI is InChI=1S/C14H29N3O2.2ClH/c1-13(12-17-7-4-3-5-8-17)10-16-14(18)11-15-6-9-19-2;;/h13,15H,3-12H2,1-2H3,(H,16,18);2*1H. The molecule has 0 radical (unpaired) electrons. The van der Waals surface area contributed by atoms with Gasteiger partial charge >= 0.3 is 0 Å². The molecule has 0 aliphatic carbocycles. The minimum Gasteiger partial charge on any atom is -0.383 e. The van der Waals surface area contributed by atoms with Gasteiger partial charge in [-0.2, -0.15) is 0 Å². The number of hydrogen-bond donors (Lipinski definition) is 2. The quantitative estimate of drug-likeness (QED) is 0.619. The molecule has 5 nitrogen and oxygen atoms in total. The minimum atomic E-state index is 0. The van der Waals surface area contributed by atoms with Crippen molar-refractivity contribution in [2.75, 3.05) is 53.0 Å². The molecule has 2 N–H and O–H groups in total. The van der Waals surface area contributed by atoms with Crippen LogP contribution in [-0.2, 0) is 9.53 Å². The number of halogens is 2. The van der Waals surface area contributed by atoms with Crippen molar-refractivity contribution >= 4 is 30.7 Å². The second-order valence-corrected chi connectivity index (χ2v) is 5.44. The lowest BCUT2D eigenvalue weighted by Gasteiger charge is -2.29. The van der Waals surface area contributed by atoms with Crippen LogP contribution in [0, 0.1) is 5.92 Å². The summed E-state index contributed by atoms with van der Waals surface area (Å²) in [6, 6.07) is 0. The molecule has 0 bridgehead atoms. The van der Waals surface area contributed by atoms with Crippen LogP contribution in [0.15, 0.2) is 0 Å². The summed E-state index contributed by atoms with van der Waals surface area (Å²) >= 11 is 0. The maximum Gasteiger partial charge on any atom is 0.233 e. The van der Waals surface area contributed by atoms with E-state index in [1.165, 1.54) is 32.4 Å². The Bertz CT molecular complexity index is 252. The maximum absolute atomic E-state index is 11.6. The molecule has 1 aliphatic heterocycles. The first-order valence-electron chi connectivity index (χ1n) is 7.41. The highest BCUT2D eigenvalue weighted by molar-refractivity contribution is 5.85. The lowest BCUT2D eigenvalue weighted by atomic mass is 10.1. The summed E-state index contributed by atoms with van der Waals surface area (Å²) in [5, 5.41) is 6.02. The fourth-order valence-corrected chi connectivity index (χ4v) is 2.37. The Labute approximate surface area is 141 Å². The predicted octanol–water partition coefficient (Wildman–Crippen LogP) is 1.30. The average Bonchev–Trinajstić information content (AvgIpc) is 2.42. The number of ether oxygens (including phenoxy) is 1. The van der Waals surface area contributed by atoms with Crippen LogP contribution in [0.25, 0.3) is 0 Å².